The zero-order valence-electron chi connectivity index (χ0n) is 23.9. The molecule has 1 fully saturated rings. The van der Waals surface area contributed by atoms with E-state index in [4.69, 9.17) is 9.47 Å². The third-order valence-electron chi connectivity index (χ3n) is 7.47. The number of carbonyl (C=O) groups is 2. The van der Waals surface area contributed by atoms with Gasteiger partial charge in [0.05, 0.1) is 11.7 Å². The quantitative estimate of drug-likeness (QED) is 0.388. The SMILES string of the molecule is CCC[C@H](O)C[C@@H]1CC[C@H](C)CCCCC(=O)N(C)[C@@H](Cc2ccc(OCC(O)C(C)(C)O)cc2)C(=O)O1. The van der Waals surface area contributed by atoms with Crippen LogP contribution >= 0.6 is 0 Å². The Balaban J connectivity index is 2.18. The molecule has 0 bridgehead atoms. The van der Waals surface area contributed by atoms with Crippen molar-refractivity contribution in [3.63, 3.8) is 0 Å². The third kappa shape index (κ3) is 10.9. The summed E-state index contributed by atoms with van der Waals surface area (Å²) in [7, 11) is 1.66. The highest BCUT2D eigenvalue weighted by Crippen LogP contribution is 2.24. The summed E-state index contributed by atoms with van der Waals surface area (Å²) >= 11 is 0. The van der Waals surface area contributed by atoms with Crippen molar-refractivity contribution in [3.8, 4) is 5.75 Å². The monoisotopic (exact) mass is 535 g/mol. The first-order valence-electron chi connectivity index (χ1n) is 14.2. The van der Waals surface area contributed by atoms with Crippen molar-refractivity contribution in [3.05, 3.63) is 29.8 Å². The highest BCUT2D eigenvalue weighted by Gasteiger charge is 2.31. The van der Waals surface area contributed by atoms with Gasteiger partial charge in [0.15, 0.2) is 0 Å². The molecule has 0 aromatic heterocycles. The van der Waals surface area contributed by atoms with Crippen LogP contribution in [0.5, 0.6) is 5.75 Å². The van der Waals surface area contributed by atoms with Crippen LogP contribution in [0.25, 0.3) is 0 Å². The fraction of sp³-hybridized carbons (Fsp3) is 0.733. The van der Waals surface area contributed by atoms with Gasteiger partial charge < -0.3 is 29.7 Å². The van der Waals surface area contributed by atoms with E-state index in [9.17, 15) is 24.9 Å². The molecule has 0 spiro atoms. The number of carbonyl (C=O) groups excluding carboxylic acids is 2. The van der Waals surface area contributed by atoms with Crippen molar-refractivity contribution in [2.45, 2.75) is 122 Å². The first-order chi connectivity index (χ1) is 17.9. The van der Waals surface area contributed by atoms with Crippen LogP contribution in [-0.4, -0.2) is 75.7 Å². The molecule has 216 valence electrons. The summed E-state index contributed by atoms with van der Waals surface area (Å²) in [4.78, 5) is 28.0. The van der Waals surface area contributed by atoms with Crippen molar-refractivity contribution in [2.75, 3.05) is 13.7 Å². The highest BCUT2D eigenvalue weighted by molar-refractivity contribution is 5.84. The zero-order chi connectivity index (χ0) is 28.3. The van der Waals surface area contributed by atoms with Crippen LogP contribution in [0.2, 0.25) is 0 Å². The van der Waals surface area contributed by atoms with Crippen molar-refractivity contribution >= 4 is 11.9 Å². The summed E-state index contributed by atoms with van der Waals surface area (Å²) in [5, 5.41) is 30.3. The summed E-state index contributed by atoms with van der Waals surface area (Å²) in [6.45, 7) is 7.18. The van der Waals surface area contributed by atoms with Crippen LogP contribution in [0.3, 0.4) is 0 Å². The summed E-state index contributed by atoms with van der Waals surface area (Å²) in [5.74, 6) is 0.462. The maximum Gasteiger partial charge on any atom is 0.329 e. The molecule has 1 aromatic carbocycles. The van der Waals surface area contributed by atoms with E-state index in [1.165, 1.54) is 18.7 Å². The molecule has 1 saturated heterocycles. The molecule has 0 aliphatic carbocycles. The minimum absolute atomic E-state index is 0.0566. The van der Waals surface area contributed by atoms with E-state index in [-0.39, 0.29) is 18.9 Å². The normalized spacial score (nSPS) is 24.0. The molecule has 3 N–H and O–H groups in total. The second-order valence-electron chi connectivity index (χ2n) is 11.5. The number of esters is 1. The van der Waals surface area contributed by atoms with Crippen LogP contribution in [0.15, 0.2) is 24.3 Å². The molecular weight excluding hydrogens is 486 g/mol. The molecule has 8 nitrogen and oxygen atoms in total. The lowest BCUT2D eigenvalue weighted by atomic mass is 9.94. The maximum absolute atomic E-state index is 13.5. The van der Waals surface area contributed by atoms with Gasteiger partial charge >= 0.3 is 5.97 Å². The lowest BCUT2D eigenvalue weighted by Crippen LogP contribution is -2.46. The minimum atomic E-state index is -1.27. The van der Waals surface area contributed by atoms with Gasteiger partial charge in [0.1, 0.15) is 30.6 Å². The van der Waals surface area contributed by atoms with E-state index < -0.39 is 35.9 Å². The van der Waals surface area contributed by atoms with Gasteiger partial charge in [-0.2, -0.15) is 0 Å². The lowest BCUT2D eigenvalue weighted by molar-refractivity contribution is -0.160. The fourth-order valence-electron chi connectivity index (χ4n) is 4.66. The van der Waals surface area contributed by atoms with E-state index in [0.717, 1.165) is 37.7 Å². The van der Waals surface area contributed by atoms with Crippen molar-refractivity contribution in [1.29, 1.82) is 0 Å². The number of nitrogens with zero attached hydrogens (tertiary/aromatic N) is 1. The first-order valence-corrected chi connectivity index (χ1v) is 14.2. The third-order valence-corrected chi connectivity index (χ3v) is 7.47. The van der Waals surface area contributed by atoms with Crippen LogP contribution in [0, 0.1) is 5.92 Å². The molecule has 1 amide bonds. The standard InChI is InChI=1S/C30H49NO7/c1-6-9-23(32)19-25-15-12-21(2)10-7-8-11-28(34)31(5)26(29(35)38-25)18-22-13-16-24(17-14-22)37-20-27(33)30(3,4)36/h13-14,16-17,21,23,25-27,32-33,36H,6-12,15,18-20H2,1-5H3/t21-,23+,25+,26+,27?/m1/s1. The number of cyclic esters (lactones) is 1. The molecule has 1 aliphatic rings. The second-order valence-corrected chi connectivity index (χ2v) is 11.5. The van der Waals surface area contributed by atoms with Gasteiger partial charge in [-0.15, -0.1) is 0 Å². The molecule has 0 saturated carbocycles. The molecule has 2 rings (SSSR count). The van der Waals surface area contributed by atoms with Crippen molar-refractivity contribution in [2.24, 2.45) is 5.92 Å². The number of hydrogen-bond acceptors (Lipinski definition) is 7. The summed E-state index contributed by atoms with van der Waals surface area (Å²) in [5.41, 5.74) is -0.436. The Hall–Kier alpha value is -2.16. The van der Waals surface area contributed by atoms with E-state index in [2.05, 4.69) is 6.92 Å². The van der Waals surface area contributed by atoms with Gasteiger partial charge in [-0.1, -0.05) is 45.2 Å². The Bertz CT molecular complexity index is 851. The lowest BCUT2D eigenvalue weighted by Gasteiger charge is -2.29. The molecule has 38 heavy (non-hydrogen) atoms. The Morgan fingerprint density at radius 3 is 2.42 bits per heavy atom. The van der Waals surface area contributed by atoms with Crippen LogP contribution in [0.1, 0.15) is 91.0 Å². The topological polar surface area (TPSA) is 117 Å². The van der Waals surface area contributed by atoms with Crippen LogP contribution in [0.4, 0.5) is 0 Å². The number of hydrogen-bond donors (Lipinski definition) is 3. The maximum atomic E-state index is 13.5. The number of aliphatic hydroxyl groups excluding tert-OH is 2. The number of likely N-dealkylation sites (N-methyl/N-ethyl adjacent to an activating group) is 1. The van der Waals surface area contributed by atoms with Gasteiger partial charge in [-0.3, -0.25) is 4.79 Å². The van der Waals surface area contributed by atoms with E-state index in [0.29, 0.717) is 37.4 Å². The Kier molecular flexibility index (Phi) is 13.0. The smallest absolute Gasteiger partial charge is 0.329 e. The predicted octanol–water partition coefficient (Wildman–Crippen LogP) is 4.02. The average molecular weight is 536 g/mol. The zero-order valence-corrected chi connectivity index (χ0v) is 23.9. The molecule has 8 heteroatoms. The molecule has 1 heterocycles. The van der Waals surface area contributed by atoms with Gasteiger partial charge in [-0.25, -0.2) is 4.79 Å². The Morgan fingerprint density at radius 2 is 1.79 bits per heavy atom. The molecule has 0 radical (unpaired) electrons. The summed E-state index contributed by atoms with van der Waals surface area (Å²) in [6, 6.07) is 6.34. The molecule has 1 unspecified atom stereocenters. The van der Waals surface area contributed by atoms with Crippen molar-refractivity contribution in [1.82, 2.24) is 4.90 Å². The van der Waals surface area contributed by atoms with Gasteiger partial charge in [-0.05, 0) is 63.1 Å². The first kappa shape index (κ1) is 32.1. The van der Waals surface area contributed by atoms with Crippen molar-refractivity contribution < 1.29 is 34.4 Å². The predicted molar refractivity (Wildman–Crippen MR) is 147 cm³/mol. The average Bonchev–Trinajstić information content (AvgIpc) is 2.86. The van der Waals surface area contributed by atoms with E-state index >= 15 is 0 Å². The Morgan fingerprint density at radius 1 is 1.11 bits per heavy atom. The Labute approximate surface area is 228 Å². The largest absolute Gasteiger partial charge is 0.491 e. The number of ether oxygens (including phenoxy) is 2. The minimum Gasteiger partial charge on any atom is -0.491 e. The number of aliphatic hydroxyl groups is 3. The summed E-state index contributed by atoms with van der Waals surface area (Å²) < 4.78 is 11.6. The second kappa shape index (κ2) is 15.4. The van der Waals surface area contributed by atoms with Gasteiger partial charge in [0.2, 0.25) is 5.91 Å². The van der Waals surface area contributed by atoms with E-state index in [1.54, 1.807) is 19.2 Å². The van der Waals surface area contributed by atoms with E-state index in [1.807, 2.05) is 19.1 Å². The molecule has 1 aromatic rings. The number of amides is 1. The molecular formula is C30H49NO7. The van der Waals surface area contributed by atoms with Gasteiger partial charge in [0, 0.05) is 26.3 Å². The fourth-order valence-corrected chi connectivity index (χ4v) is 4.66. The van der Waals surface area contributed by atoms with Crippen LogP contribution in [-0.2, 0) is 20.7 Å². The summed E-state index contributed by atoms with van der Waals surface area (Å²) in [6.07, 6.45) is 5.03. The number of rotatable bonds is 10. The van der Waals surface area contributed by atoms with Crippen LogP contribution < -0.4 is 4.74 Å². The molecule has 1 aliphatic heterocycles. The molecule has 5 atom stereocenters. The highest BCUT2D eigenvalue weighted by atomic mass is 16.5. The number of benzene rings is 1. The van der Waals surface area contributed by atoms with Gasteiger partial charge in [0.25, 0.3) is 0 Å².